The van der Waals surface area contributed by atoms with Crippen LogP contribution < -0.4 is 10.8 Å². The highest BCUT2D eigenvalue weighted by Crippen LogP contribution is 2.30. The number of hydroxylamine groups is 1. The first-order valence-corrected chi connectivity index (χ1v) is 15.6. The molecular weight excluding hydrogens is 592 g/mol. The summed E-state index contributed by atoms with van der Waals surface area (Å²) in [6.45, 7) is 4.66. The van der Waals surface area contributed by atoms with E-state index < -0.39 is 11.9 Å². The van der Waals surface area contributed by atoms with Gasteiger partial charge >= 0.3 is 0 Å². The average Bonchev–Trinajstić information content (AvgIpc) is 3.75. The molecule has 6 rings (SSSR count). The maximum Gasteiger partial charge on any atom is 0.251 e. The molecule has 0 radical (unpaired) electrons. The molecule has 0 spiro atoms. The van der Waals surface area contributed by atoms with Crippen LogP contribution in [0.25, 0.3) is 33.5 Å². The Hall–Kier alpha value is -5.68. The molecule has 0 aliphatic rings. The first kappa shape index (κ1) is 31.3. The van der Waals surface area contributed by atoms with Gasteiger partial charge in [0.2, 0.25) is 11.7 Å². The van der Waals surface area contributed by atoms with Crippen LogP contribution in [0.1, 0.15) is 52.6 Å². The van der Waals surface area contributed by atoms with Gasteiger partial charge in [-0.15, -0.1) is 10.2 Å². The molecule has 0 aliphatic carbocycles. The summed E-state index contributed by atoms with van der Waals surface area (Å²) < 4.78 is 2.22. The lowest BCUT2D eigenvalue weighted by Gasteiger charge is -2.19. The van der Waals surface area contributed by atoms with Crippen molar-refractivity contribution in [2.24, 2.45) is 0 Å². The number of imidazole rings is 1. The summed E-state index contributed by atoms with van der Waals surface area (Å²) in [6.07, 6.45) is 2.10. The van der Waals surface area contributed by atoms with Crippen molar-refractivity contribution in [3.63, 3.8) is 0 Å². The lowest BCUT2D eigenvalue weighted by Crippen LogP contribution is -2.40. The Morgan fingerprint density at radius 1 is 0.915 bits per heavy atom. The third-order valence-corrected chi connectivity index (χ3v) is 8.31. The number of carbonyl (C=O) groups is 2. The van der Waals surface area contributed by atoms with Crippen molar-refractivity contribution in [1.29, 1.82) is 0 Å². The molecule has 0 saturated heterocycles. The largest absolute Gasteiger partial charge is 0.348 e. The SMILES string of the molecule is CCCc1nc2c(C)c(C(=O)N[C@@H](CC(=O)NO)Cc3ccccc3)ccc2n1Cc1ccc(-c2ccccc2-c2nn[nH]n2)cc1. The van der Waals surface area contributed by atoms with Gasteiger partial charge < -0.3 is 9.88 Å². The number of rotatable bonds is 12. The third-order valence-electron chi connectivity index (χ3n) is 8.31. The molecule has 2 heterocycles. The summed E-state index contributed by atoms with van der Waals surface area (Å²) in [4.78, 5) is 30.6. The summed E-state index contributed by atoms with van der Waals surface area (Å²) in [5, 5.41) is 26.7. The second-order valence-electron chi connectivity index (χ2n) is 11.5. The van der Waals surface area contributed by atoms with Crippen molar-refractivity contribution in [1.82, 2.24) is 41.0 Å². The number of hydrogen-bond acceptors (Lipinski definition) is 7. The maximum absolute atomic E-state index is 13.6. The highest BCUT2D eigenvalue weighted by Gasteiger charge is 2.22. The number of aromatic nitrogens is 6. The van der Waals surface area contributed by atoms with Crippen molar-refractivity contribution in [2.75, 3.05) is 0 Å². The van der Waals surface area contributed by atoms with Gasteiger partial charge in [0.05, 0.1) is 11.0 Å². The van der Waals surface area contributed by atoms with Gasteiger partial charge in [0.25, 0.3) is 5.91 Å². The van der Waals surface area contributed by atoms with Gasteiger partial charge in [-0.3, -0.25) is 14.8 Å². The highest BCUT2D eigenvalue weighted by molar-refractivity contribution is 6.00. The summed E-state index contributed by atoms with van der Waals surface area (Å²) in [5.41, 5.74) is 9.74. The number of benzene rings is 4. The molecule has 47 heavy (non-hydrogen) atoms. The Bertz CT molecular complexity index is 1990. The van der Waals surface area contributed by atoms with Crippen LogP contribution in [0.5, 0.6) is 0 Å². The Morgan fingerprint density at radius 2 is 1.66 bits per heavy atom. The van der Waals surface area contributed by atoms with Crippen LogP contribution in [0, 0.1) is 6.92 Å². The van der Waals surface area contributed by atoms with Crippen LogP contribution >= 0.6 is 0 Å². The van der Waals surface area contributed by atoms with Crippen LogP contribution in [0.2, 0.25) is 0 Å². The van der Waals surface area contributed by atoms with E-state index in [4.69, 9.17) is 10.2 Å². The summed E-state index contributed by atoms with van der Waals surface area (Å²) >= 11 is 0. The van der Waals surface area contributed by atoms with Crippen molar-refractivity contribution in [3.8, 4) is 22.5 Å². The lowest BCUT2D eigenvalue weighted by molar-refractivity contribution is -0.129. The first-order chi connectivity index (χ1) is 22.9. The number of tetrazole rings is 1. The van der Waals surface area contributed by atoms with E-state index in [1.54, 1.807) is 5.48 Å². The van der Waals surface area contributed by atoms with Gasteiger partial charge in [-0.2, -0.15) is 5.21 Å². The monoisotopic (exact) mass is 628 g/mol. The molecule has 0 fully saturated rings. The Labute approximate surface area is 272 Å². The smallest absolute Gasteiger partial charge is 0.251 e. The van der Waals surface area contributed by atoms with Crippen molar-refractivity contribution in [3.05, 3.63) is 119 Å². The minimum atomic E-state index is -0.564. The Balaban J connectivity index is 1.26. The Kier molecular flexibility index (Phi) is 9.44. The molecule has 11 heteroatoms. The van der Waals surface area contributed by atoms with E-state index in [0.717, 1.165) is 63.1 Å². The minimum Gasteiger partial charge on any atom is -0.348 e. The molecular formula is C36H36N8O3. The van der Waals surface area contributed by atoms with Crippen LogP contribution in [0.3, 0.4) is 0 Å². The predicted octanol–water partition coefficient (Wildman–Crippen LogP) is 5.43. The van der Waals surface area contributed by atoms with Gasteiger partial charge in [-0.05, 0) is 64.9 Å². The number of aryl methyl sites for hydroxylation is 2. The van der Waals surface area contributed by atoms with Crippen molar-refractivity contribution in [2.45, 2.75) is 52.1 Å². The van der Waals surface area contributed by atoms with Gasteiger partial charge in [0.15, 0.2) is 0 Å². The number of carbonyl (C=O) groups excluding carboxylic acids is 2. The summed E-state index contributed by atoms with van der Waals surface area (Å²) in [6, 6.07) is 29.3. The van der Waals surface area contributed by atoms with Gasteiger partial charge in [0, 0.05) is 36.6 Å². The zero-order chi connectivity index (χ0) is 32.8. The summed E-state index contributed by atoms with van der Waals surface area (Å²) in [7, 11) is 0. The van der Waals surface area contributed by atoms with Crippen LogP contribution in [0.4, 0.5) is 0 Å². The number of amides is 2. The van der Waals surface area contributed by atoms with Crippen molar-refractivity contribution < 1.29 is 14.8 Å². The molecule has 2 aromatic heterocycles. The fourth-order valence-electron chi connectivity index (χ4n) is 5.99. The Morgan fingerprint density at radius 3 is 2.36 bits per heavy atom. The summed E-state index contributed by atoms with van der Waals surface area (Å²) in [5.74, 6) is 0.644. The normalized spacial score (nSPS) is 11.8. The van der Waals surface area contributed by atoms with E-state index in [1.165, 1.54) is 0 Å². The third kappa shape index (κ3) is 6.95. The van der Waals surface area contributed by atoms with Crippen LogP contribution in [-0.4, -0.2) is 53.2 Å². The molecule has 4 aromatic carbocycles. The molecule has 11 nitrogen and oxygen atoms in total. The number of hydrogen-bond donors (Lipinski definition) is 4. The highest BCUT2D eigenvalue weighted by atomic mass is 16.5. The molecule has 1 atom stereocenters. The van der Waals surface area contributed by atoms with Crippen LogP contribution in [0.15, 0.2) is 91.0 Å². The van der Waals surface area contributed by atoms with E-state index >= 15 is 0 Å². The maximum atomic E-state index is 13.6. The van der Waals surface area contributed by atoms with E-state index in [-0.39, 0.29) is 12.3 Å². The standard InChI is InChI=1S/C36H36N8O3/c1-3-9-32-38-34-23(2)28(36(46)37-27(21-33(45)41-47)20-24-10-5-4-6-11-24)18-19-31(34)44(32)22-25-14-16-26(17-15-25)29-12-7-8-13-30(29)35-39-42-43-40-35/h4-8,10-19,27,47H,3,9,20-22H2,1-2H3,(H,37,46)(H,41,45)(H,39,40,42,43)/t27-/m1/s1. The van der Waals surface area contributed by atoms with E-state index in [2.05, 4.69) is 61.7 Å². The minimum absolute atomic E-state index is 0.0603. The lowest BCUT2D eigenvalue weighted by atomic mass is 9.98. The second-order valence-corrected chi connectivity index (χ2v) is 11.5. The topological polar surface area (TPSA) is 151 Å². The van der Waals surface area contributed by atoms with Gasteiger partial charge in [-0.1, -0.05) is 85.8 Å². The molecule has 6 aromatic rings. The molecule has 0 unspecified atom stereocenters. The quantitative estimate of drug-likeness (QED) is 0.104. The first-order valence-electron chi connectivity index (χ1n) is 15.6. The molecule has 4 N–H and O–H groups in total. The molecule has 0 aliphatic heterocycles. The van der Waals surface area contributed by atoms with Crippen molar-refractivity contribution >= 4 is 22.8 Å². The van der Waals surface area contributed by atoms with Gasteiger partial charge in [0.1, 0.15) is 5.82 Å². The zero-order valence-electron chi connectivity index (χ0n) is 26.3. The van der Waals surface area contributed by atoms with E-state index in [0.29, 0.717) is 24.4 Å². The fraction of sp³-hybridized carbons (Fsp3) is 0.222. The number of fused-ring (bicyclic) bond motifs is 1. The fourth-order valence-corrected chi connectivity index (χ4v) is 5.99. The average molecular weight is 629 g/mol. The molecule has 238 valence electrons. The zero-order valence-corrected chi connectivity index (χ0v) is 26.3. The number of nitrogens with zero attached hydrogens (tertiary/aromatic N) is 5. The van der Waals surface area contributed by atoms with E-state index in [9.17, 15) is 9.59 Å². The van der Waals surface area contributed by atoms with E-state index in [1.807, 2.05) is 73.7 Å². The number of nitrogens with one attached hydrogen (secondary N) is 3. The molecule has 2 amide bonds. The molecule has 0 saturated carbocycles. The second kappa shape index (κ2) is 14.2. The predicted molar refractivity (Wildman–Crippen MR) is 179 cm³/mol. The number of aromatic amines is 1. The van der Waals surface area contributed by atoms with Gasteiger partial charge in [-0.25, -0.2) is 10.5 Å². The van der Waals surface area contributed by atoms with Crippen LogP contribution in [-0.2, 0) is 24.2 Å². The molecule has 0 bridgehead atoms. The number of H-pyrrole nitrogens is 1.